The average molecular weight is 256 g/mol. The Labute approximate surface area is 105 Å². The normalized spacial score (nSPS) is 9.82. The van der Waals surface area contributed by atoms with Crippen molar-refractivity contribution >= 4 is 29.2 Å². The van der Waals surface area contributed by atoms with Gasteiger partial charge in [-0.1, -0.05) is 6.07 Å². The minimum Gasteiger partial charge on any atom is -0.465 e. The summed E-state index contributed by atoms with van der Waals surface area (Å²) in [6, 6.07) is 4.99. The molecule has 0 aliphatic rings. The molecule has 1 N–H and O–H groups in total. The van der Waals surface area contributed by atoms with E-state index in [1.165, 1.54) is 7.11 Å². The van der Waals surface area contributed by atoms with Gasteiger partial charge < -0.3 is 10.1 Å². The number of carbonyl (C=O) groups excluding carboxylic acids is 2. The molecule has 17 heavy (non-hydrogen) atoms. The number of hydrogen-bond donors (Lipinski definition) is 1. The van der Waals surface area contributed by atoms with Gasteiger partial charge in [0.25, 0.3) is 0 Å². The van der Waals surface area contributed by atoms with Crippen LogP contribution in [0.3, 0.4) is 0 Å². The third kappa shape index (κ3) is 3.75. The minimum absolute atomic E-state index is 0.176. The molecule has 0 saturated carbocycles. The zero-order valence-corrected chi connectivity index (χ0v) is 10.5. The monoisotopic (exact) mass is 255 g/mol. The van der Waals surface area contributed by atoms with Crippen LogP contribution in [0.15, 0.2) is 18.2 Å². The van der Waals surface area contributed by atoms with Crippen LogP contribution < -0.4 is 5.32 Å². The van der Waals surface area contributed by atoms with Crippen LogP contribution in [-0.2, 0) is 9.53 Å². The Kier molecular flexibility index (Phi) is 4.97. The molecule has 1 aromatic carbocycles. The number of halogens is 1. The molecule has 0 heterocycles. The Balaban J connectivity index is 2.90. The number of esters is 1. The summed E-state index contributed by atoms with van der Waals surface area (Å²) in [5.74, 6) is -0.343. The highest BCUT2D eigenvalue weighted by atomic mass is 35.5. The number of aryl methyl sites for hydroxylation is 1. The van der Waals surface area contributed by atoms with Crippen molar-refractivity contribution in [2.75, 3.05) is 18.3 Å². The maximum Gasteiger partial charge on any atom is 0.337 e. The van der Waals surface area contributed by atoms with E-state index in [9.17, 15) is 9.59 Å². The van der Waals surface area contributed by atoms with E-state index >= 15 is 0 Å². The minimum atomic E-state index is -0.433. The standard InChI is InChI=1S/C12H14ClNO3/c1-8-3-4-9(12(16)17-2)7-10(8)14-11(15)5-6-13/h3-4,7H,5-6H2,1-2H3,(H,14,15). The number of anilines is 1. The molecule has 92 valence electrons. The first-order valence-electron chi connectivity index (χ1n) is 5.13. The Hall–Kier alpha value is -1.55. The molecule has 0 aliphatic heterocycles. The van der Waals surface area contributed by atoms with Crippen molar-refractivity contribution in [3.63, 3.8) is 0 Å². The predicted octanol–water partition coefficient (Wildman–Crippen LogP) is 2.35. The SMILES string of the molecule is COC(=O)c1ccc(C)c(NC(=O)CCCl)c1. The Bertz CT molecular complexity index is 432. The highest BCUT2D eigenvalue weighted by Crippen LogP contribution is 2.17. The summed E-state index contributed by atoms with van der Waals surface area (Å²) in [6.45, 7) is 1.84. The summed E-state index contributed by atoms with van der Waals surface area (Å²) >= 11 is 5.47. The highest BCUT2D eigenvalue weighted by molar-refractivity contribution is 6.19. The van der Waals surface area contributed by atoms with E-state index in [0.29, 0.717) is 11.3 Å². The van der Waals surface area contributed by atoms with Crippen LogP contribution >= 0.6 is 11.6 Å². The third-order valence-corrected chi connectivity index (χ3v) is 2.44. The summed E-state index contributed by atoms with van der Waals surface area (Å²) in [5.41, 5.74) is 1.88. The summed E-state index contributed by atoms with van der Waals surface area (Å²) in [7, 11) is 1.31. The second-order valence-corrected chi connectivity index (χ2v) is 3.89. The second kappa shape index (κ2) is 6.25. The van der Waals surface area contributed by atoms with Crippen LogP contribution in [0.25, 0.3) is 0 Å². The summed E-state index contributed by atoms with van der Waals surface area (Å²) in [5, 5.41) is 2.70. The number of methoxy groups -OCH3 is 1. The van der Waals surface area contributed by atoms with Crippen molar-refractivity contribution in [1.29, 1.82) is 0 Å². The molecule has 0 aliphatic carbocycles. The molecule has 0 fully saturated rings. The largest absolute Gasteiger partial charge is 0.465 e. The quantitative estimate of drug-likeness (QED) is 0.664. The van der Waals surface area contributed by atoms with Crippen molar-refractivity contribution in [3.05, 3.63) is 29.3 Å². The molecule has 0 atom stereocenters. The fourth-order valence-corrected chi connectivity index (χ4v) is 1.47. The van der Waals surface area contributed by atoms with E-state index in [1.54, 1.807) is 18.2 Å². The van der Waals surface area contributed by atoms with Gasteiger partial charge in [0, 0.05) is 18.0 Å². The van der Waals surface area contributed by atoms with Gasteiger partial charge in [0.2, 0.25) is 5.91 Å². The van der Waals surface area contributed by atoms with E-state index in [-0.39, 0.29) is 18.2 Å². The van der Waals surface area contributed by atoms with Gasteiger partial charge in [0.15, 0.2) is 0 Å². The second-order valence-electron chi connectivity index (χ2n) is 3.51. The molecule has 0 saturated heterocycles. The topological polar surface area (TPSA) is 55.4 Å². The number of amides is 1. The van der Waals surface area contributed by atoms with Crippen LogP contribution in [0.2, 0.25) is 0 Å². The number of alkyl halides is 1. The maximum atomic E-state index is 11.4. The number of ether oxygens (including phenoxy) is 1. The van der Waals surface area contributed by atoms with E-state index in [0.717, 1.165) is 5.56 Å². The lowest BCUT2D eigenvalue weighted by molar-refractivity contribution is -0.115. The zero-order chi connectivity index (χ0) is 12.8. The zero-order valence-electron chi connectivity index (χ0n) is 9.75. The molecule has 1 amide bonds. The molecule has 0 aromatic heterocycles. The van der Waals surface area contributed by atoms with Crippen LogP contribution in [-0.4, -0.2) is 24.9 Å². The smallest absolute Gasteiger partial charge is 0.337 e. The van der Waals surface area contributed by atoms with Crippen LogP contribution in [0.4, 0.5) is 5.69 Å². The number of nitrogens with one attached hydrogen (secondary N) is 1. The fourth-order valence-electron chi connectivity index (χ4n) is 1.30. The fraction of sp³-hybridized carbons (Fsp3) is 0.333. The first-order valence-corrected chi connectivity index (χ1v) is 5.66. The van der Waals surface area contributed by atoms with Crippen molar-refractivity contribution in [3.8, 4) is 0 Å². The summed E-state index contributed by atoms with van der Waals surface area (Å²) in [4.78, 5) is 22.7. The van der Waals surface area contributed by atoms with Gasteiger partial charge in [-0.2, -0.15) is 0 Å². The Morgan fingerprint density at radius 3 is 2.71 bits per heavy atom. The van der Waals surface area contributed by atoms with Crippen LogP contribution in [0.5, 0.6) is 0 Å². The molecule has 5 heteroatoms. The van der Waals surface area contributed by atoms with Gasteiger partial charge in [-0.3, -0.25) is 4.79 Å². The van der Waals surface area contributed by atoms with Crippen molar-refractivity contribution in [1.82, 2.24) is 0 Å². The first kappa shape index (κ1) is 13.5. The average Bonchev–Trinajstić information content (AvgIpc) is 2.31. The molecule has 1 aromatic rings. The van der Waals surface area contributed by atoms with Gasteiger partial charge in [0.1, 0.15) is 0 Å². The van der Waals surface area contributed by atoms with Crippen LogP contribution in [0, 0.1) is 6.92 Å². The van der Waals surface area contributed by atoms with Gasteiger partial charge in [-0.15, -0.1) is 11.6 Å². The van der Waals surface area contributed by atoms with E-state index < -0.39 is 5.97 Å². The Morgan fingerprint density at radius 2 is 2.12 bits per heavy atom. The number of carbonyl (C=O) groups is 2. The number of benzene rings is 1. The highest BCUT2D eigenvalue weighted by Gasteiger charge is 2.09. The Morgan fingerprint density at radius 1 is 1.41 bits per heavy atom. The molecular weight excluding hydrogens is 242 g/mol. The molecule has 0 unspecified atom stereocenters. The summed E-state index contributed by atoms with van der Waals surface area (Å²) < 4.78 is 4.61. The lowest BCUT2D eigenvalue weighted by Crippen LogP contribution is -2.13. The van der Waals surface area contributed by atoms with E-state index in [1.807, 2.05) is 6.92 Å². The molecule has 1 rings (SSSR count). The maximum absolute atomic E-state index is 11.4. The number of rotatable bonds is 4. The lowest BCUT2D eigenvalue weighted by atomic mass is 10.1. The molecule has 0 radical (unpaired) electrons. The summed E-state index contributed by atoms with van der Waals surface area (Å²) in [6.07, 6.45) is 0.240. The van der Waals surface area contributed by atoms with Crippen molar-refractivity contribution in [2.45, 2.75) is 13.3 Å². The number of hydrogen-bond acceptors (Lipinski definition) is 3. The third-order valence-electron chi connectivity index (χ3n) is 2.25. The predicted molar refractivity (Wildman–Crippen MR) is 66.5 cm³/mol. The molecule has 0 spiro atoms. The van der Waals surface area contributed by atoms with E-state index in [2.05, 4.69) is 10.1 Å². The van der Waals surface area contributed by atoms with Gasteiger partial charge >= 0.3 is 5.97 Å². The van der Waals surface area contributed by atoms with E-state index in [4.69, 9.17) is 11.6 Å². The molecule has 0 bridgehead atoms. The van der Waals surface area contributed by atoms with Crippen LogP contribution in [0.1, 0.15) is 22.3 Å². The van der Waals surface area contributed by atoms with Gasteiger partial charge in [-0.25, -0.2) is 4.79 Å². The van der Waals surface area contributed by atoms with Gasteiger partial charge in [-0.05, 0) is 24.6 Å². The van der Waals surface area contributed by atoms with Crippen molar-refractivity contribution in [2.24, 2.45) is 0 Å². The first-order chi connectivity index (χ1) is 8.08. The molecule has 4 nitrogen and oxygen atoms in total. The molecular formula is C12H14ClNO3. The van der Waals surface area contributed by atoms with Gasteiger partial charge in [0.05, 0.1) is 12.7 Å². The van der Waals surface area contributed by atoms with Crippen molar-refractivity contribution < 1.29 is 14.3 Å². The lowest BCUT2D eigenvalue weighted by Gasteiger charge is -2.09.